The van der Waals surface area contributed by atoms with Gasteiger partial charge in [-0.3, -0.25) is 10.1 Å². The van der Waals surface area contributed by atoms with Gasteiger partial charge in [0.1, 0.15) is 0 Å². The summed E-state index contributed by atoms with van der Waals surface area (Å²) in [5, 5.41) is 10.1. The first-order chi connectivity index (χ1) is 7.24. The van der Waals surface area contributed by atoms with Crippen molar-refractivity contribution in [3.63, 3.8) is 0 Å². The van der Waals surface area contributed by atoms with Crippen LogP contribution in [0, 0.1) is 17.3 Å². The van der Waals surface area contributed by atoms with Crippen LogP contribution >= 0.6 is 0 Å². The summed E-state index contributed by atoms with van der Waals surface area (Å²) in [6.07, 6.45) is 1.51. The average Bonchev–Trinajstić information content (AvgIpc) is 2.21. The van der Waals surface area contributed by atoms with Crippen LogP contribution in [0.4, 0.5) is 4.39 Å². The Kier molecular flexibility index (Phi) is 4.10. The fourth-order valence-electron chi connectivity index (χ4n) is 0.940. The zero-order chi connectivity index (χ0) is 11.1. The highest BCUT2D eigenvalue weighted by Crippen LogP contribution is 2.15. The second-order valence-corrected chi connectivity index (χ2v) is 2.69. The van der Waals surface area contributed by atoms with Crippen LogP contribution in [-0.4, -0.2) is 12.5 Å². The summed E-state index contributed by atoms with van der Waals surface area (Å²) in [6.45, 7) is 0.0362. The van der Waals surface area contributed by atoms with Crippen LogP contribution in [0.2, 0.25) is 0 Å². The largest absolute Gasteiger partial charge is 0.490 e. The number of rotatable bonds is 4. The van der Waals surface area contributed by atoms with E-state index in [1.54, 1.807) is 12.1 Å². The average molecular weight is 208 g/mol. The molecular formula is C10H9FN2O2. The molecule has 1 aromatic carbocycles. The van der Waals surface area contributed by atoms with Crippen molar-refractivity contribution in [1.82, 2.24) is 5.32 Å². The molecule has 0 heterocycles. The Morgan fingerprint density at radius 2 is 2.27 bits per heavy atom. The van der Waals surface area contributed by atoms with E-state index in [0.717, 1.165) is 0 Å². The number of hydrogen-bond donors (Lipinski definition) is 1. The predicted octanol–water partition coefficient (Wildman–Crippen LogP) is 1.19. The Morgan fingerprint density at radius 1 is 1.53 bits per heavy atom. The molecule has 4 nitrogen and oxygen atoms in total. The van der Waals surface area contributed by atoms with Crippen LogP contribution in [0.25, 0.3) is 0 Å². The summed E-state index contributed by atoms with van der Waals surface area (Å²) in [7, 11) is 0. The van der Waals surface area contributed by atoms with Gasteiger partial charge in [-0.15, -0.1) is 0 Å². The number of ether oxygens (including phenoxy) is 1. The van der Waals surface area contributed by atoms with Crippen molar-refractivity contribution in [2.45, 2.75) is 6.42 Å². The van der Waals surface area contributed by atoms with Crippen LogP contribution in [-0.2, 0) is 4.79 Å². The Hall–Kier alpha value is -2.09. The molecule has 0 spiro atoms. The Balaban J connectivity index is 2.36. The van der Waals surface area contributed by atoms with Gasteiger partial charge in [0.2, 0.25) is 5.91 Å². The third kappa shape index (κ3) is 3.65. The molecule has 0 radical (unpaired) electrons. The van der Waals surface area contributed by atoms with Crippen molar-refractivity contribution >= 4 is 5.91 Å². The highest BCUT2D eigenvalue weighted by molar-refractivity contribution is 5.77. The van der Waals surface area contributed by atoms with E-state index in [-0.39, 0.29) is 18.8 Å². The summed E-state index contributed by atoms with van der Waals surface area (Å²) >= 11 is 0. The third-order valence-electron chi connectivity index (χ3n) is 1.62. The molecule has 5 heteroatoms. The SMILES string of the molecule is N#CNC(=O)CCOc1ccccc1F. The lowest BCUT2D eigenvalue weighted by atomic mass is 10.3. The molecule has 0 aromatic heterocycles. The molecule has 1 rings (SSSR count). The Labute approximate surface area is 86.3 Å². The predicted molar refractivity (Wildman–Crippen MR) is 50.3 cm³/mol. The van der Waals surface area contributed by atoms with E-state index < -0.39 is 11.7 Å². The maximum atomic E-state index is 13.0. The van der Waals surface area contributed by atoms with E-state index in [1.165, 1.54) is 18.3 Å². The minimum absolute atomic E-state index is 0.0158. The quantitative estimate of drug-likeness (QED) is 0.597. The summed E-state index contributed by atoms with van der Waals surface area (Å²) in [4.78, 5) is 10.8. The van der Waals surface area contributed by atoms with Crippen LogP contribution in [0.1, 0.15) is 6.42 Å². The number of nitrogens with zero attached hydrogens (tertiary/aromatic N) is 1. The van der Waals surface area contributed by atoms with Crippen molar-refractivity contribution in [2.24, 2.45) is 0 Å². The van der Waals surface area contributed by atoms with Crippen molar-refractivity contribution in [1.29, 1.82) is 5.26 Å². The lowest BCUT2D eigenvalue weighted by Gasteiger charge is -2.05. The number of benzene rings is 1. The lowest BCUT2D eigenvalue weighted by molar-refractivity contribution is -0.120. The fourth-order valence-corrected chi connectivity index (χ4v) is 0.940. The molecule has 0 bridgehead atoms. The molecule has 0 atom stereocenters. The standard InChI is InChI=1S/C10H9FN2O2/c11-8-3-1-2-4-9(8)15-6-5-10(14)13-7-12/h1-4H,5-6H2,(H,13,14). The molecule has 0 aliphatic heterocycles. The summed E-state index contributed by atoms with van der Waals surface area (Å²) in [6, 6.07) is 5.92. The minimum Gasteiger partial charge on any atom is -0.490 e. The van der Waals surface area contributed by atoms with E-state index in [4.69, 9.17) is 10.00 Å². The van der Waals surface area contributed by atoms with Crippen molar-refractivity contribution < 1.29 is 13.9 Å². The zero-order valence-electron chi connectivity index (χ0n) is 7.87. The number of carbonyl (C=O) groups is 1. The normalized spacial score (nSPS) is 9.07. The molecule has 0 aliphatic rings. The van der Waals surface area contributed by atoms with E-state index in [2.05, 4.69) is 0 Å². The van der Waals surface area contributed by atoms with Gasteiger partial charge < -0.3 is 4.74 Å². The molecule has 0 fully saturated rings. The number of halogens is 1. The zero-order valence-corrected chi connectivity index (χ0v) is 7.87. The van der Waals surface area contributed by atoms with Gasteiger partial charge in [0.15, 0.2) is 17.8 Å². The van der Waals surface area contributed by atoms with Gasteiger partial charge >= 0.3 is 0 Å². The molecule has 0 aliphatic carbocycles. The molecule has 15 heavy (non-hydrogen) atoms. The Bertz CT molecular complexity index is 387. The van der Waals surface area contributed by atoms with Crippen molar-refractivity contribution in [3.8, 4) is 11.9 Å². The first kappa shape index (κ1) is 11.0. The van der Waals surface area contributed by atoms with Crippen molar-refractivity contribution in [2.75, 3.05) is 6.61 Å². The van der Waals surface area contributed by atoms with Gasteiger partial charge in [0.25, 0.3) is 0 Å². The highest BCUT2D eigenvalue weighted by Gasteiger charge is 2.03. The van der Waals surface area contributed by atoms with Crippen LogP contribution in [0.3, 0.4) is 0 Å². The van der Waals surface area contributed by atoms with Crippen LogP contribution < -0.4 is 10.1 Å². The van der Waals surface area contributed by atoms with Crippen molar-refractivity contribution in [3.05, 3.63) is 30.1 Å². The number of para-hydroxylation sites is 1. The lowest BCUT2D eigenvalue weighted by Crippen LogP contribution is -2.19. The number of nitriles is 1. The summed E-state index contributed by atoms with van der Waals surface area (Å²) < 4.78 is 18.0. The van der Waals surface area contributed by atoms with Gasteiger partial charge in [-0.1, -0.05) is 12.1 Å². The third-order valence-corrected chi connectivity index (χ3v) is 1.62. The minimum atomic E-state index is -0.474. The smallest absolute Gasteiger partial charge is 0.236 e. The first-order valence-corrected chi connectivity index (χ1v) is 4.29. The van der Waals surface area contributed by atoms with Gasteiger partial charge in [-0.25, -0.2) is 4.39 Å². The maximum absolute atomic E-state index is 13.0. The molecule has 0 unspecified atom stereocenters. The second kappa shape index (κ2) is 5.60. The number of amides is 1. The fraction of sp³-hybridized carbons (Fsp3) is 0.200. The molecule has 78 valence electrons. The molecular weight excluding hydrogens is 199 g/mol. The summed E-state index contributed by atoms with van der Waals surface area (Å²) in [5.74, 6) is -0.825. The second-order valence-electron chi connectivity index (χ2n) is 2.69. The van der Waals surface area contributed by atoms with Crippen LogP contribution in [0.15, 0.2) is 24.3 Å². The van der Waals surface area contributed by atoms with E-state index in [9.17, 15) is 9.18 Å². The molecule has 1 amide bonds. The molecule has 1 N–H and O–H groups in total. The number of carbonyl (C=O) groups excluding carboxylic acids is 1. The summed E-state index contributed by atoms with van der Waals surface area (Å²) in [5.41, 5.74) is 0. The number of nitrogens with one attached hydrogen (secondary N) is 1. The molecule has 0 saturated carbocycles. The van der Waals surface area contributed by atoms with Gasteiger partial charge in [0.05, 0.1) is 13.0 Å². The van der Waals surface area contributed by atoms with E-state index >= 15 is 0 Å². The highest BCUT2D eigenvalue weighted by atomic mass is 19.1. The molecule has 0 saturated heterocycles. The monoisotopic (exact) mass is 208 g/mol. The number of hydrogen-bond acceptors (Lipinski definition) is 3. The van der Waals surface area contributed by atoms with E-state index in [0.29, 0.717) is 0 Å². The first-order valence-electron chi connectivity index (χ1n) is 4.29. The topological polar surface area (TPSA) is 62.1 Å². The maximum Gasteiger partial charge on any atom is 0.236 e. The van der Waals surface area contributed by atoms with E-state index in [1.807, 2.05) is 5.32 Å². The molecule has 1 aromatic rings. The van der Waals surface area contributed by atoms with Gasteiger partial charge in [-0.2, -0.15) is 5.26 Å². The van der Waals surface area contributed by atoms with Gasteiger partial charge in [0, 0.05) is 0 Å². The van der Waals surface area contributed by atoms with Gasteiger partial charge in [-0.05, 0) is 12.1 Å². The Morgan fingerprint density at radius 3 is 2.93 bits per heavy atom. The van der Waals surface area contributed by atoms with Crippen LogP contribution in [0.5, 0.6) is 5.75 Å².